The van der Waals surface area contributed by atoms with Crippen LogP contribution >= 0.6 is 0 Å². The number of halogens is 2. The van der Waals surface area contributed by atoms with Gasteiger partial charge in [0.25, 0.3) is 12.3 Å². The van der Waals surface area contributed by atoms with Gasteiger partial charge in [0.1, 0.15) is 11.9 Å². The standard InChI is InChI=1S/C10H12F2N2O3/c11-9(12)7(15)4-13-10(16)6-3-8(17-14-6)5-1-2-5/h3,5,7,9,15H,1-2,4H2,(H,13,16). The zero-order valence-electron chi connectivity index (χ0n) is 8.90. The normalized spacial score (nSPS) is 17.2. The molecule has 0 aromatic carbocycles. The first-order chi connectivity index (χ1) is 8.08. The van der Waals surface area contributed by atoms with E-state index in [1.807, 2.05) is 0 Å². The number of alkyl halides is 2. The maximum atomic E-state index is 12.0. The summed E-state index contributed by atoms with van der Waals surface area (Å²) in [7, 11) is 0. The highest BCUT2D eigenvalue weighted by Crippen LogP contribution is 2.40. The van der Waals surface area contributed by atoms with Crippen molar-refractivity contribution in [2.75, 3.05) is 6.54 Å². The van der Waals surface area contributed by atoms with Crippen LogP contribution in [-0.2, 0) is 0 Å². The average Bonchev–Trinajstić information content (AvgIpc) is 3.03. The molecule has 5 nitrogen and oxygen atoms in total. The molecule has 2 rings (SSSR count). The monoisotopic (exact) mass is 246 g/mol. The lowest BCUT2D eigenvalue weighted by Crippen LogP contribution is -2.35. The van der Waals surface area contributed by atoms with Gasteiger partial charge in [0.15, 0.2) is 5.69 Å². The van der Waals surface area contributed by atoms with Crippen LogP contribution in [0.5, 0.6) is 0 Å². The first-order valence-electron chi connectivity index (χ1n) is 5.29. The molecule has 0 radical (unpaired) electrons. The van der Waals surface area contributed by atoms with Gasteiger partial charge in [-0.2, -0.15) is 0 Å². The van der Waals surface area contributed by atoms with Gasteiger partial charge in [0, 0.05) is 18.5 Å². The molecule has 17 heavy (non-hydrogen) atoms. The number of aliphatic hydroxyl groups is 1. The quantitative estimate of drug-likeness (QED) is 0.809. The molecule has 1 heterocycles. The third kappa shape index (κ3) is 3.00. The third-order valence-electron chi connectivity index (χ3n) is 2.50. The van der Waals surface area contributed by atoms with Crippen LogP contribution in [0.3, 0.4) is 0 Å². The molecule has 0 saturated heterocycles. The van der Waals surface area contributed by atoms with Crippen molar-refractivity contribution in [1.29, 1.82) is 0 Å². The van der Waals surface area contributed by atoms with E-state index >= 15 is 0 Å². The van der Waals surface area contributed by atoms with E-state index in [1.54, 1.807) is 0 Å². The van der Waals surface area contributed by atoms with Crippen LogP contribution in [0.15, 0.2) is 10.6 Å². The molecule has 0 aliphatic heterocycles. The Kier molecular flexibility index (Phi) is 3.37. The van der Waals surface area contributed by atoms with Gasteiger partial charge >= 0.3 is 0 Å². The number of hydrogen-bond acceptors (Lipinski definition) is 4. The predicted octanol–water partition coefficient (Wildman–Crippen LogP) is 0.908. The third-order valence-corrected chi connectivity index (χ3v) is 2.50. The molecule has 1 aliphatic carbocycles. The van der Waals surface area contributed by atoms with E-state index in [0.29, 0.717) is 11.7 Å². The van der Waals surface area contributed by atoms with Gasteiger partial charge in [-0.25, -0.2) is 8.78 Å². The lowest BCUT2D eigenvalue weighted by Gasteiger charge is -2.09. The van der Waals surface area contributed by atoms with Gasteiger partial charge in [-0.3, -0.25) is 4.79 Å². The number of aromatic nitrogens is 1. The van der Waals surface area contributed by atoms with Gasteiger partial charge in [0.2, 0.25) is 0 Å². The lowest BCUT2D eigenvalue weighted by atomic mass is 10.2. The molecular weight excluding hydrogens is 234 g/mol. The van der Waals surface area contributed by atoms with Gasteiger partial charge in [-0.15, -0.1) is 0 Å². The summed E-state index contributed by atoms with van der Waals surface area (Å²) in [6.45, 7) is -0.512. The molecule has 2 N–H and O–H groups in total. The number of nitrogens with one attached hydrogen (secondary N) is 1. The molecule has 1 saturated carbocycles. The van der Waals surface area contributed by atoms with Crippen molar-refractivity contribution < 1.29 is 23.2 Å². The van der Waals surface area contributed by atoms with Crippen LogP contribution in [0.4, 0.5) is 8.78 Å². The second kappa shape index (κ2) is 4.79. The fraction of sp³-hybridized carbons (Fsp3) is 0.600. The van der Waals surface area contributed by atoms with Crippen LogP contribution in [0, 0.1) is 0 Å². The summed E-state index contributed by atoms with van der Waals surface area (Å²) >= 11 is 0. The molecule has 1 aliphatic rings. The first-order valence-corrected chi connectivity index (χ1v) is 5.29. The summed E-state index contributed by atoms with van der Waals surface area (Å²) in [6, 6.07) is 1.50. The van der Waals surface area contributed by atoms with E-state index in [4.69, 9.17) is 9.63 Å². The summed E-state index contributed by atoms with van der Waals surface area (Å²) in [5.74, 6) is 0.348. The number of carbonyl (C=O) groups excluding carboxylic acids is 1. The fourth-order valence-electron chi connectivity index (χ4n) is 1.33. The Hall–Kier alpha value is -1.50. The van der Waals surface area contributed by atoms with Crippen molar-refractivity contribution in [2.24, 2.45) is 0 Å². The maximum absolute atomic E-state index is 12.0. The van der Waals surface area contributed by atoms with Gasteiger partial charge < -0.3 is 14.9 Å². The number of aliphatic hydroxyl groups excluding tert-OH is 1. The minimum Gasteiger partial charge on any atom is -0.385 e. The lowest BCUT2D eigenvalue weighted by molar-refractivity contribution is -0.00274. The number of rotatable bonds is 5. The molecule has 94 valence electrons. The van der Waals surface area contributed by atoms with Gasteiger partial charge in [0.05, 0.1) is 0 Å². The minimum atomic E-state index is -2.88. The first kappa shape index (κ1) is 12.0. The minimum absolute atomic E-state index is 0.0494. The molecular formula is C10H12F2N2O3. The Balaban J connectivity index is 1.86. The molecule has 1 amide bonds. The molecule has 0 bridgehead atoms. The molecule has 1 atom stereocenters. The van der Waals surface area contributed by atoms with Crippen LogP contribution in [0.1, 0.15) is 35.0 Å². The Morgan fingerprint density at radius 3 is 2.94 bits per heavy atom. The van der Waals surface area contributed by atoms with E-state index in [2.05, 4.69) is 10.5 Å². The molecule has 7 heteroatoms. The van der Waals surface area contributed by atoms with Crippen molar-refractivity contribution in [3.8, 4) is 0 Å². The van der Waals surface area contributed by atoms with E-state index in [9.17, 15) is 13.6 Å². The van der Waals surface area contributed by atoms with Crippen molar-refractivity contribution in [1.82, 2.24) is 10.5 Å². The Labute approximate surface area is 95.8 Å². The molecule has 0 spiro atoms. The zero-order chi connectivity index (χ0) is 12.4. The summed E-state index contributed by atoms with van der Waals surface area (Å²) in [5, 5.41) is 14.5. The van der Waals surface area contributed by atoms with E-state index in [1.165, 1.54) is 6.07 Å². The van der Waals surface area contributed by atoms with Crippen molar-refractivity contribution in [2.45, 2.75) is 31.3 Å². The van der Waals surface area contributed by atoms with Crippen LogP contribution in [0.25, 0.3) is 0 Å². The highest BCUT2D eigenvalue weighted by Gasteiger charge is 2.29. The van der Waals surface area contributed by atoms with Crippen LogP contribution in [0.2, 0.25) is 0 Å². The Morgan fingerprint density at radius 1 is 1.65 bits per heavy atom. The Morgan fingerprint density at radius 2 is 2.35 bits per heavy atom. The van der Waals surface area contributed by atoms with Gasteiger partial charge in [-0.05, 0) is 12.8 Å². The van der Waals surface area contributed by atoms with E-state index in [0.717, 1.165) is 12.8 Å². The summed E-state index contributed by atoms with van der Waals surface area (Å²) in [6.07, 6.45) is -2.72. The SMILES string of the molecule is O=C(NCC(O)C(F)F)c1cc(C2CC2)on1. The van der Waals surface area contributed by atoms with E-state index in [-0.39, 0.29) is 5.69 Å². The molecule has 1 fully saturated rings. The molecule has 1 unspecified atom stereocenters. The van der Waals surface area contributed by atoms with E-state index < -0.39 is 25.0 Å². The summed E-state index contributed by atoms with van der Waals surface area (Å²) in [4.78, 5) is 11.4. The molecule has 1 aromatic heterocycles. The second-order valence-electron chi connectivity index (χ2n) is 4.00. The van der Waals surface area contributed by atoms with Crippen molar-refractivity contribution in [3.63, 3.8) is 0 Å². The number of hydrogen-bond donors (Lipinski definition) is 2. The Bertz CT molecular complexity index is 404. The fourth-order valence-corrected chi connectivity index (χ4v) is 1.33. The second-order valence-corrected chi connectivity index (χ2v) is 4.00. The average molecular weight is 246 g/mol. The summed E-state index contributed by atoms with van der Waals surface area (Å²) in [5.41, 5.74) is 0.0494. The number of amides is 1. The smallest absolute Gasteiger partial charge is 0.273 e. The van der Waals surface area contributed by atoms with Crippen LogP contribution < -0.4 is 5.32 Å². The zero-order valence-corrected chi connectivity index (χ0v) is 8.90. The van der Waals surface area contributed by atoms with Crippen LogP contribution in [-0.4, -0.2) is 35.2 Å². The molecule has 1 aromatic rings. The van der Waals surface area contributed by atoms with Crippen molar-refractivity contribution >= 4 is 5.91 Å². The number of carbonyl (C=O) groups is 1. The highest BCUT2D eigenvalue weighted by atomic mass is 19.3. The highest BCUT2D eigenvalue weighted by molar-refractivity contribution is 5.92. The summed E-state index contributed by atoms with van der Waals surface area (Å²) < 4.78 is 28.9. The largest absolute Gasteiger partial charge is 0.385 e. The maximum Gasteiger partial charge on any atom is 0.273 e. The van der Waals surface area contributed by atoms with Crippen molar-refractivity contribution in [3.05, 3.63) is 17.5 Å². The topological polar surface area (TPSA) is 75.4 Å². The number of nitrogens with zero attached hydrogens (tertiary/aromatic N) is 1. The predicted molar refractivity (Wildman–Crippen MR) is 52.8 cm³/mol. The van der Waals surface area contributed by atoms with Gasteiger partial charge in [-0.1, -0.05) is 5.16 Å².